The number of hydrogen-bond donors (Lipinski definition) is 0. The summed E-state index contributed by atoms with van der Waals surface area (Å²) < 4.78 is 3.05. The van der Waals surface area contributed by atoms with E-state index in [4.69, 9.17) is 62.7 Å². The molecule has 0 saturated carbocycles. The summed E-state index contributed by atoms with van der Waals surface area (Å²) in [6.07, 6.45) is 0. The summed E-state index contributed by atoms with van der Waals surface area (Å²) >= 11 is 28.2. The second-order valence-electron chi connectivity index (χ2n) is 2.16. The monoisotopic (exact) mass is 294 g/mol. The SMILES string of the molecule is COc1nc(Cl)nc(C(Cl)(Cl)Cl)c1Cl. The number of methoxy groups -OCH3 is 1. The van der Waals surface area contributed by atoms with Gasteiger partial charge < -0.3 is 4.74 Å². The van der Waals surface area contributed by atoms with Gasteiger partial charge in [0.15, 0.2) is 0 Å². The molecule has 1 aromatic rings. The van der Waals surface area contributed by atoms with Crippen LogP contribution in [0.1, 0.15) is 5.69 Å². The van der Waals surface area contributed by atoms with E-state index in [0.29, 0.717) is 0 Å². The van der Waals surface area contributed by atoms with Crippen molar-refractivity contribution in [3.8, 4) is 5.88 Å². The van der Waals surface area contributed by atoms with Crippen molar-refractivity contribution >= 4 is 58.0 Å². The van der Waals surface area contributed by atoms with Gasteiger partial charge in [-0.1, -0.05) is 46.4 Å². The Morgan fingerprint density at radius 3 is 2.14 bits per heavy atom. The molecule has 3 nitrogen and oxygen atoms in total. The minimum atomic E-state index is -1.77. The fourth-order valence-corrected chi connectivity index (χ4v) is 1.74. The molecule has 0 spiro atoms. The maximum atomic E-state index is 5.80. The highest BCUT2D eigenvalue weighted by Gasteiger charge is 2.30. The molecule has 0 aliphatic carbocycles. The first-order valence-corrected chi connectivity index (χ1v) is 5.09. The molecule has 0 aliphatic heterocycles. The van der Waals surface area contributed by atoms with E-state index in [0.717, 1.165) is 0 Å². The summed E-state index contributed by atoms with van der Waals surface area (Å²) in [4.78, 5) is 7.39. The summed E-state index contributed by atoms with van der Waals surface area (Å²) in [5.41, 5.74) is -0.0129. The minimum absolute atomic E-state index is 0.0129. The van der Waals surface area contributed by atoms with Crippen molar-refractivity contribution in [3.63, 3.8) is 0 Å². The molecule has 0 aliphatic rings. The zero-order valence-corrected chi connectivity index (χ0v) is 10.5. The highest BCUT2D eigenvalue weighted by molar-refractivity contribution is 6.67. The first kappa shape index (κ1) is 12.4. The minimum Gasteiger partial charge on any atom is -0.480 e. The molecule has 1 heterocycles. The molecule has 78 valence electrons. The highest BCUT2D eigenvalue weighted by atomic mass is 35.6. The van der Waals surface area contributed by atoms with Gasteiger partial charge in [0, 0.05) is 0 Å². The van der Waals surface area contributed by atoms with E-state index in [-0.39, 0.29) is 21.9 Å². The van der Waals surface area contributed by atoms with Crippen LogP contribution in [-0.4, -0.2) is 17.1 Å². The van der Waals surface area contributed by atoms with E-state index in [1.165, 1.54) is 7.11 Å². The lowest BCUT2D eigenvalue weighted by Crippen LogP contribution is -2.07. The van der Waals surface area contributed by atoms with Crippen LogP contribution >= 0.6 is 58.0 Å². The number of aromatic nitrogens is 2. The lowest BCUT2D eigenvalue weighted by atomic mass is 10.4. The van der Waals surface area contributed by atoms with Crippen molar-refractivity contribution in [2.24, 2.45) is 0 Å². The van der Waals surface area contributed by atoms with Gasteiger partial charge in [0.1, 0.15) is 10.7 Å². The Hall–Kier alpha value is 0.330. The zero-order valence-electron chi connectivity index (χ0n) is 6.69. The van der Waals surface area contributed by atoms with Crippen LogP contribution in [0.2, 0.25) is 10.3 Å². The largest absolute Gasteiger partial charge is 0.480 e. The van der Waals surface area contributed by atoms with Crippen LogP contribution in [0.25, 0.3) is 0 Å². The third-order valence-corrected chi connectivity index (χ3v) is 2.30. The zero-order chi connectivity index (χ0) is 10.9. The Bertz CT molecular complexity index is 351. The van der Waals surface area contributed by atoms with E-state index >= 15 is 0 Å². The maximum Gasteiger partial charge on any atom is 0.237 e. The number of rotatable bonds is 1. The lowest BCUT2D eigenvalue weighted by molar-refractivity contribution is 0.396. The van der Waals surface area contributed by atoms with Gasteiger partial charge in [-0.05, 0) is 11.6 Å². The number of hydrogen-bond acceptors (Lipinski definition) is 3. The third kappa shape index (κ3) is 2.67. The number of halogens is 5. The Labute approximate surface area is 105 Å². The van der Waals surface area contributed by atoms with E-state index in [9.17, 15) is 0 Å². The van der Waals surface area contributed by atoms with Crippen molar-refractivity contribution in [1.29, 1.82) is 0 Å². The number of alkyl halides is 3. The normalized spacial score (nSPS) is 11.6. The smallest absolute Gasteiger partial charge is 0.237 e. The lowest BCUT2D eigenvalue weighted by Gasteiger charge is -2.13. The van der Waals surface area contributed by atoms with E-state index in [2.05, 4.69) is 9.97 Å². The van der Waals surface area contributed by atoms with Gasteiger partial charge in [0.25, 0.3) is 0 Å². The Morgan fingerprint density at radius 2 is 1.71 bits per heavy atom. The molecule has 1 aromatic heterocycles. The van der Waals surface area contributed by atoms with E-state index < -0.39 is 3.79 Å². The molecule has 0 unspecified atom stereocenters. The van der Waals surface area contributed by atoms with Gasteiger partial charge in [-0.2, -0.15) is 4.98 Å². The van der Waals surface area contributed by atoms with Crippen molar-refractivity contribution in [3.05, 3.63) is 16.0 Å². The summed E-state index contributed by atoms with van der Waals surface area (Å²) in [6, 6.07) is 0. The number of nitrogens with zero attached hydrogens (tertiary/aromatic N) is 2. The van der Waals surface area contributed by atoms with Gasteiger partial charge in [-0.3, -0.25) is 0 Å². The van der Waals surface area contributed by atoms with Crippen LogP contribution in [0.4, 0.5) is 0 Å². The molecular formula is C6H3Cl5N2O. The van der Waals surface area contributed by atoms with Gasteiger partial charge in [0.05, 0.1) is 7.11 Å². The summed E-state index contributed by atoms with van der Waals surface area (Å²) in [7, 11) is 1.37. The van der Waals surface area contributed by atoms with Crippen molar-refractivity contribution in [2.45, 2.75) is 3.79 Å². The Morgan fingerprint density at radius 1 is 1.14 bits per heavy atom. The molecule has 8 heteroatoms. The predicted molar refractivity (Wildman–Crippen MR) is 57.8 cm³/mol. The molecule has 0 aromatic carbocycles. The third-order valence-electron chi connectivity index (χ3n) is 1.26. The number of ether oxygens (including phenoxy) is 1. The topological polar surface area (TPSA) is 35.0 Å². The first-order valence-electron chi connectivity index (χ1n) is 3.20. The van der Waals surface area contributed by atoms with E-state index in [1.807, 2.05) is 0 Å². The first-order chi connectivity index (χ1) is 6.36. The summed E-state index contributed by atoms with van der Waals surface area (Å²) in [5, 5.41) is -0.0792. The molecule has 0 radical (unpaired) electrons. The molecule has 0 N–H and O–H groups in total. The van der Waals surface area contributed by atoms with Crippen molar-refractivity contribution < 1.29 is 4.74 Å². The quantitative estimate of drug-likeness (QED) is 0.586. The molecule has 0 fully saturated rings. The van der Waals surface area contributed by atoms with Crippen molar-refractivity contribution in [1.82, 2.24) is 9.97 Å². The van der Waals surface area contributed by atoms with Crippen LogP contribution in [-0.2, 0) is 3.79 Å². The Kier molecular flexibility index (Phi) is 3.95. The standard InChI is InChI=1S/C6H3Cl5N2O/c1-14-4-2(7)3(6(9,10)11)12-5(8)13-4/h1H3. The fraction of sp³-hybridized carbons (Fsp3) is 0.333. The molecule has 0 bridgehead atoms. The fourth-order valence-electron chi connectivity index (χ4n) is 0.724. The molecule has 1 rings (SSSR count). The Balaban J connectivity index is 3.37. The van der Waals surface area contributed by atoms with Gasteiger partial charge in [-0.25, -0.2) is 4.98 Å². The van der Waals surface area contributed by atoms with Crippen LogP contribution < -0.4 is 4.74 Å². The molecular weight excluding hydrogens is 293 g/mol. The predicted octanol–water partition coefficient (Wildman–Crippen LogP) is 3.62. The van der Waals surface area contributed by atoms with Crippen molar-refractivity contribution in [2.75, 3.05) is 7.11 Å². The molecule has 0 atom stereocenters. The molecule has 14 heavy (non-hydrogen) atoms. The van der Waals surface area contributed by atoms with Crippen LogP contribution in [0.5, 0.6) is 5.88 Å². The van der Waals surface area contributed by atoms with Gasteiger partial charge in [-0.15, -0.1) is 0 Å². The second-order valence-corrected chi connectivity index (χ2v) is 5.16. The highest BCUT2D eigenvalue weighted by Crippen LogP contribution is 2.43. The van der Waals surface area contributed by atoms with Gasteiger partial charge >= 0.3 is 0 Å². The van der Waals surface area contributed by atoms with E-state index in [1.54, 1.807) is 0 Å². The molecule has 0 amide bonds. The van der Waals surface area contributed by atoms with Crippen LogP contribution in [0.15, 0.2) is 0 Å². The van der Waals surface area contributed by atoms with Crippen LogP contribution in [0.3, 0.4) is 0 Å². The van der Waals surface area contributed by atoms with Crippen LogP contribution in [0, 0.1) is 0 Å². The van der Waals surface area contributed by atoms with Gasteiger partial charge in [0.2, 0.25) is 15.0 Å². The second kappa shape index (κ2) is 4.45. The molecule has 0 saturated heterocycles. The summed E-state index contributed by atoms with van der Waals surface area (Å²) in [5.74, 6) is 0.0630. The average Bonchev–Trinajstić information content (AvgIpc) is 2.06. The summed E-state index contributed by atoms with van der Waals surface area (Å²) in [6.45, 7) is 0. The maximum absolute atomic E-state index is 5.80. The average molecular weight is 296 g/mol.